The third kappa shape index (κ3) is 2.51. The fourth-order valence-corrected chi connectivity index (χ4v) is 3.88. The van der Waals surface area contributed by atoms with Crippen molar-refractivity contribution in [3.05, 3.63) is 27.7 Å². The van der Waals surface area contributed by atoms with Crippen LogP contribution in [0.2, 0.25) is 5.02 Å². The average Bonchev–Trinajstić information content (AvgIpc) is 2.44. The summed E-state index contributed by atoms with van der Waals surface area (Å²) in [6.07, 6.45) is 2.49. The third-order valence-electron chi connectivity index (χ3n) is 4.55. The number of hydrogen-bond donors (Lipinski definition) is 2. The van der Waals surface area contributed by atoms with Gasteiger partial charge in [-0.25, -0.2) is 0 Å². The molecule has 0 aliphatic carbocycles. The van der Waals surface area contributed by atoms with E-state index in [0.29, 0.717) is 12.5 Å². The Balaban J connectivity index is 1.85. The summed E-state index contributed by atoms with van der Waals surface area (Å²) in [5, 5.41) is 4.41. The third-order valence-corrected chi connectivity index (χ3v) is 5.78. The molecule has 3 fully saturated rings. The molecule has 19 heavy (non-hydrogen) atoms. The minimum atomic E-state index is 0.00760. The molecule has 1 unspecified atom stereocenters. The van der Waals surface area contributed by atoms with E-state index in [1.54, 1.807) is 0 Å². The summed E-state index contributed by atoms with van der Waals surface area (Å²) >= 11 is 9.60. The quantitative estimate of drug-likeness (QED) is 0.886. The van der Waals surface area contributed by atoms with Crippen molar-refractivity contribution in [3.8, 4) is 0 Å². The van der Waals surface area contributed by atoms with Gasteiger partial charge in [0, 0.05) is 23.2 Å². The highest BCUT2D eigenvalue weighted by Crippen LogP contribution is 2.38. The minimum Gasteiger partial charge on any atom is -0.377 e. The van der Waals surface area contributed by atoms with E-state index in [2.05, 4.69) is 32.2 Å². The highest BCUT2D eigenvalue weighted by molar-refractivity contribution is 9.10. The van der Waals surface area contributed by atoms with E-state index in [9.17, 15) is 0 Å². The van der Waals surface area contributed by atoms with Gasteiger partial charge in [0.05, 0.1) is 10.6 Å². The lowest BCUT2D eigenvalue weighted by atomic mass is 9.72. The Bertz CT molecular complexity index is 474. The Morgan fingerprint density at radius 1 is 1.42 bits per heavy atom. The molecule has 3 nitrogen and oxygen atoms in total. The SMILES string of the molecule is NCC1(Nc2ccc(Br)c(Cl)c2)CN2CCC1CC2. The van der Waals surface area contributed by atoms with Crippen LogP contribution in [0.25, 0.3) is 0 Å². The molecule has 0 radical (unpaired) electrons. The van der Waals surface area contributed by atoms with Gasteiger partial charge in [0.25, 0.3) is 0 Å². The molecule has 2 bridgehead atoms. The Labute approximate surface area is 127 Å². The highest BCUT2D eigenvalue weighted by atomic mass is 79.9. The van der Waals surface area contributed by atoms with Gasteiger partial charge in [0.2, 0.25) is 0 Å². The molecule has 0 aromatic heterocycles. The van der Waals surface area contributed by atoms with Gasteiger partial charge in [-0.1, -0.05) is 11.6 Å². The van der Waals surface area contributed by atoms with Crippen molar-refractivity contribution < 1.29 is 0 Å². The number of anilines is 1. The monoisotopic (exact) mass is 343 g/mol. The molecule has 3 saturated heterocycles. The molecule has 1 atom stereocenters. The van der Waals surface area contributed by atoms with Crippen molar-refractivity contribution in [1.82, 2.24) is 4.90 Å². The molecule has 3 aliphatic heterocycles. The van der Waals surface area contributed by atoms with Crippen molar-refractivity contribution >= 4 is 33.2 Å². The zero-order valence-corrected chi connectivity index (χ0v) is 13.2. The van der Waals surface area contributed by atoms with Gasteiger partial charge in [0.15, 0.2) is 0 Å². The molecule has 3 heterocycles. The van der Waals surface area contributed by atoms with Crippen LogP contribution in [0.5, 0.6) is 0 Å². The fraction of sp³-hybridized carbons (Fsp3) is 0.571. The van der Waals surface area contributed by atoms with Crippen molar-refractivity contribution in [2.24, 2.45) is 11.7 Å². The average molecular weight is 345 g/mol. The van der Waals surface area contributed by atoms with Crippen LogP contribution in [0.3, 0.4) is 0 Å². The molecule has 1 aromatic carbocycles. The second kappa shape index (κ2) is 5.24. The lowest BCUT2D eigenvalue weighted by Crippen LogP contribution is -2.66. The number of halogens is 2. The Hall–Kier alpha value is -0.290. The first-order valence-corrected chi connectivity index (χ1v) is 7.96. The number of hydrogen-bond acceptors (Lipinski definition) is 3. The lowest BCUT2D eigenvalue weighted by Gasteiger charge is -2.53. The molecule has 3 aliphatic rings. The number of benzene rings is 1. The smallest absolute Gasteiger partial charge is 0.0651 e. The summed E-state index contributed by atoms with van der Waals surface area (Å²) in [6, 6.07) is 6.02. The standard InChI is InChI=1S/C14H19BrClN3/c15-12-2-1-11(7-13(12)16)18-14(8-17)9-19-5-3-10(14)4-6-19/h1-2,7,10,18H,3-6,8-9,17H2. The molecule has 0 spiro atoms. The largest absolute Gasteiger partial charge is 0.377 e. The maximum atomic E-state index is 6.17. The number of fused-ring (bicyclic) bond motifs is 3. The first kappa shape index (κ1) is 13.7. The first-order valence-electron chi connectivity index (χ1n) is 6.79. The van der Waals surface area contributed by atoms with Crippen LogP contribution in [0.1, 0.15) is 12.8 Å². The van der Waals surface area contributed by atoms with E-state index in [0.717, 1.165) is 21.7 Å². The molecule has 4 rings (SSSR count). The van der Waals surface area contributed by atoms with Crippen LogP contribution in [-0.4, -0.2) is 36.6 Å². The van der Waals surface area contributed by atoms with Crippen molar-refractivity contribution in [2.45, 2.75) is 18.4 Å². The van der Waals surface area contributed by atoms with Gasteiger partial charge in [-0.3, -0.25) is 0 Å². The van der Waals surface area contributed by atoms with Crippen LogP contribution in [-0.2, 0) is 0 Å². The fourth-order valence-electron chi connectivity index (χ4n) is 3.46. The van der Waals surface area contributed by atoms with Gasteiger partial charge in [-0.15, -0.1) is 0 Å². The van der Waals surface area contributed by atoms with E-state index in [4.69, 9.17) is 17.3 Å². The maximum Gasteiger partial charge on any atom is 0.0651 e. The normalized spacial score (nSPS) is 33.4. The number of nitrogens with zero attached hydrogens (tertiary/aromatic N) is 1. The summed E-state index contributed by atoms with van der Waals surface area (Å²) in [7, 11) is 0. The second-order valence-electron chi connectivity index (χ2n) is 5.66. The molecule has 3 N–H and O–H groups in total. The summed E-state index contributed by atoms with van der Waals surface area (Å²) in [5.74, 6) is 0.671. The summed E-state index contributed by atoms with van der Waals surface area (Å²) in [6.45, 7) is 4.15. The van der Waals surface area contributed by atoms with Crippen molar-refractivity contribution in [2.75, 3.05) is 31.5 Å². The van der Waals surface area contributed by atoms with Crippen molar-refractivity contribution in [1.29, 1.82) is 0 Å². The van der Waals surface area contributed by atoms with Crippen LogP contribution in [0.15, 0.2) is 22.7 Å². The second-order valence-corrected chi connectivity index (χ2v) is 6.93. The molecular weight excluding hydrogens is 326 g/mol. The molecule has 1 aromatic rings. The molecule has 0 amide bonds. The molecular formula is C14H19BrClN3. The van der Waals surface area contributed by atoms with E-state index < -0.39 is 0 Å². The predicted molar refractivity (Wildman–Crippen MR) is 83.7 cm³/mol. The number of nitrogens with two attached hydrogens (primary N) is 1. The molecule has 104 valence electrons. The zero-order chi connectivity index (χ0) is 13.5. The first-order chi connectivity index (χ1) is 9.13. The zero-order valence-electron chi connectivity index (χ0n) is 10.8. The van der Waals surface area contributed by atoms with E-state index >= 15 is 0 Å². The van der Waals surface area contributed by atoms with Gasteiger partial charge in [-0.2, -0.15) is 0 Å². The summed E-state index contributed by atoms with van der Waals surface area (Å²) < 4.78 is 0.926. The van der Waals surface area contributed by atoms with E-state index in [-0.39, 0.29) is 5.54 Å². The van der Waals surface area contributed by atoms with Gasteiger partial charge >= 0.3 is 0 Å². The van der Waals surface area contributed by atoms with Gasteiger partial charge in [-0.05, 0) is 66.0 Å². The number of rotatable bonds is 3. The van der Waals surface area contributed by atoms with Crippen LogP contribution in [0.4, 0.5) is 5.69 Å². The molecule has 0 saturated carbocycles. The Morgan fingerprint density at radius 2 is 2.16 bits per heavy atom. The van der Waals surface area contributed by atoms with Crippen LogP contribution < -0.4 is 11.1 Å². The highest BCUT2D eigenvalue weighted by Gasteiger charge is 2.45. The van der Waals surface area contributed by atoms with Gasteiger partial charge in [0.1, 0.15) is 0 Å². The predicted octanol–water partition coefficient (Wildman–Crippen LogP) is 2.94. The lowest BCUT2D eigenvalue weighted by molar-refractivity contribution is 0.0449. The van der Waals surface area contributed by atoms with Crippen molar-refractivity contribution in [3.63, 3.8) is 0 Å². The van der Waals surface area contributed by atoms with E-state index in [1.165, 1.54) is 25.9 Å². The number of nitrogens with one attached hydrogen (secondary N) is 1. The van der Waals surface area contributed by atoms with E-state index in [1.807, 2.05) is 12.1 Å². The topological polar surface area (TPSA) is 41.3 Å². The summed E-state index contributed by atoms with van der Waals surface area (Å²) in [4.78, 5) is 2.51. The van der Waals surface area contributed by atoms with Crippen LogP contribution >= 0.6 is 27.5 Å². The summed E-state index contributed by atoms with van der Waals surface area (Å²) in [5.41, 5.74) is 7.18. The van der Waals surface area contributed by atoms with Gasteiger partial charge < -0.3 is 16.0 Å². The number of piperidine rings is 3. The molecule has 5 heteroatoms. The van der Waals surface area contributed by atoms with Crippen LogP contribution in [0, 0.1) is 5.92 Å². The minimum absolute atomic E-state index is 0.00760. The Kier molecular flexibility index (Phi) is 3.78. The maximum absolute atomic E-state index is 6.17. The Morgan fingerprint density at radius 3 is 2.68 bits per heavy atom.